The number of rotatable bonds is 2. The summed E-state index contributed by atoms with van der Waals surface area (Å²) in [6.07, 6.45) is 0. The molecule has 0 aliphatic heterocycles. The van der Waals surface area contributed by atoms with Gasteiger partial charge < -0.3 is 2.85 Å². The first-order valence-electron chi connectivity index (χ1n) is 4.68. The second kappa shape index (κ2) is 7.19. The third-order valence-electron chi connectivity index (χ3n) is 2.40. The molecule has 0 aromatic heterocycles. The van der Waals surface area contributed by atoms with E-state index in [4.69, 9.17) is 9.11 Å². The van der Waals surface area contributed by atoms with Crippen LogP contribution in [-0.4, -0.2) is 25.9 Å². The first kappa shape index (κ1) is 20.5. The van der Waals surface area contributed by atoms with Gasteiger partial charge in [0.25, 0.3) is 20.2 Å². The zero-order valence-electron chi connectivity index (χ0n) is 12.8. The molecule has 6 nitrogen and oxygen atoms in total. The topological polar surface area (TPSA) is 109 Å². The minimum atomic E-state index is -4.47. The van der Waals surface area contributed by atoms with Gasteiger partial charge in [0, 0.05) is 10.8 Å². The summed E-state index contributed by atoms with van der Waals surface area (Å²) in [7, 11) is -8.94. The van der Waals surface area contributed by atoms with Crippen molar-refractivity contribution in [3.8, 4) is 0 Å². The zero-order chi connectivity index (χ0) is 13.6. The van der Waals surface area contributed by atoms with Gasteiger partial charge in [-0.15, -0.1) is 0 Å². The molecule has 0 bridgehead atoms. The maximum atomic E-state index is 11.2. The van der Waals surface area contributed by atoms with Crippen LogP contribution in [0.15, 0.2) is 46.2 Å². The van der Waals surface area contributed by atoms with Crippen molar-refractivity contribution in [2.75, 3.05) is 0 Å². The van der Waals surface area contributed by atoms with E-state index in [9.17, 15) is 16.8 Å². The van der Waals surface area contributed by atoms with Gasteiger partial charge in [-0.1, -0.05) is 24.3 Å². The minimum absolute atomic E-state index is 0. The molecule has 20 heavy (non-hydrogen) atoms. The van der Waals surface area contributed by atoms with Crippen LogP contribution in [0.3, 0.4) is 0 Å². The van der Waals surface area contributed by atoms with E-state index >= 15 is 0 Å². The molecule has 0 amide bonds. The summed E-state index contributed by atoms with van der Waals surface area (Å²) in [6.45, 7) is 0. The van der Waals surface area contributed by atoms with E-state index in [0.29, 0.717) is 0 Å². The van der Waals surface area contributed by atoms with Gasteiger partial charge in [-0.3, -0.25) is 9.11 Å². The molecule has 100 valence electrons. The van der Waals surface area contributed by atoms with Crippen LogP contribution in [0.1, 0.15) is 2.85 Å². The largest absolute Gasteiger partial charge is 1.00 e. The summed E-state index contributed by atoms with van der Waals surface area (Å²) in [5, 5.41) is 0.0465. The Hall–Kier alpha value is 0.520. The van der Waals surface area contributed by atoms with Crippen molar-refractivity contribution < 1.29 is 87.9 Å². The van der Waals surface area contributed by atoms with Gasteiger partial charge >= 0.3 is 59.1 Å². The molecule has 0 spiro atoms. The molecule has 0 saturated carbocycles. The molecule has 0 saturated heterocycles. The van der Waals surface area contributed by atoms with Gasteiger partial charge in [-0.25, -0.2) is 0 Å². The smallest absolute Gasteiger partial charge is 1.00 e. The van der Waals surface area contributed by atoms with Gasteiger partial charge in [0.1, 0.15) is 9.79 Å². The van der Waals surface area contributed by atoms with Crippen LogP contribution in [-0.2, 0) is 20.2 Å². The van der Waals surface area contributed by atoms with E-state index in [-0.39, 0.29) is 72.7 Å². The molecular weight excluding hydrogens is 326 g/mol. The van der Waals surface area contributed by atoms with Gasteiger partial charge in [-0.05, 0) is 12.1 Å². The Bertz CT molecular complexity index is 768. The van der Waals surface area contributed by atoms with Gasteiger partial charge in [0.2, 0.25) is 0 Å². The van der Waals surface area contributed by atoms with Crippen LogP contribution < -0.4 is 59.1 Å². The Balaban J connectivity index is -0.000000902. The summed E-state index contributed by atoms with van der Waals surface area (Å²) in [5.74, 6) is 0. The predicted molar refractivity (Wildman–Crippen MR) is 65.8 cm³/mol. The molecular formula is C10H10Na2O6S2. The molecule has 10 heteroatoms. The van der Waals surface area contributed by atoms with Crippen molar-refractivity contribution in [1.29, 1.82) is 0 Å². The van der Waals surface area contributed by atoms with Crippen molar-refractivity contribution in [3.63, 3.8) is 0 Å². The average molecular weight is 336 g/mol. The first-order valence-corrected chi connectivity index (χ1v) is 7.56. The molecule has 2 rings (SSSR count). The van der Waals surface area contributed by atoms with E-state index in [2.05, 4.69) is 0 Å². The van der Waals surface area contributed by atoms with Crippen LogP contribution in [0.25, 0.3) is 10.8 Å². The predicted octanol–water partition coefficient (Wildman–Crippen LogP) is -4.43. The van der Waals surface area contributed by atoms with Crippen LogP contribution in [0.4, 0.5) is 0 Å². The molecule has 2 aromatic rings. The molecule has 0 unspecified atom stereocenters. The zero-order valence-corrected chi connectivity index (χ0v) is 16.4. The van der Waals surface area contributed by atoms with Crippen molar-refractivity contribution in [1.82, 2.24) is 0 Å². The molecule has 0 atom stereocenters. The van der Waals surface area contributed by atoms with Crippen LogP contribution in [0.2, 0.25) is 0 Å². The third kappa shape index (κ3) is 4.26. The number of fused-ring (bicyclic) bond motifs is 1. The van der Waals surface area contributed by atoms with E-state index in [1.807, 2.05) is 0 Å². The van der Waals surface area contributed by atoms with Gasteiger partial charge in [0.05, 0.1) is 0 Å². The van der Waals surface area contributed by atoms with Crippen LogP contribution in [0.5, 0.6) is 0 Å². The number of hydrogen-bond donors (Lipinski definition) is 2. The fourth-order valence-electron chi connectivity index (χ4n) is 1.70. The van der Waals surface area contributed by atoms with E-state index in [0.717, 1.165) is 12.1 Å². The van der Waals surface area contributed by atoms with Crippen molar-refractivity contribution in [3.05, 3.63) is 36.4 Å². The fourth-order valence-corrected chi connectivity index (χ4v) is 3.12. The maximum Gasteiger partial charge on any atom is 1.00 e. The second-order valence-corrected chi connectivity index (χ2v) is 6.34. The normalized spacial score (nSPS) is 11.5. The SMILES string of the molecule is O=S(=O)(O)c1cccc2c(S(=O)(=O)O)cccc12.[H-].[H-].[Na+].[Na+]. The Morgan fingerprint density at radius 2 is 1.00 bits per heavy atom. The Morgan fingerprint density at radius 3 is 1.25 bits per heavy atom. The number of hydrogen-bond acceptors (Lipinski definition) is 4. The van der Waals surface area contributed by atoms with Crippen LogP contribution >= 0.6 is 0 Å². The second-order valence-electron chi connectivity index (χ2n) is 3.56. The maximum absolute atomic E-state index is 11.2. The minimum Gasteiger partial charge on any atom is -1.00 e. The Labute approximate surface area is 163 Å². The molecule has 2 N–H and O–H groups in total. The molecule has 0 aliphatic carbocycles. The molecule has 2 aromatic carbocycles. The first-order chi connectivity index (χ1) is 8.21. The van der Waals surface area contributed by atoms with Crippen molar-refractivity contribution >= 4 is 31.0 Å². The van der Waals surface area contributed by atoms with E-state index in [1.54, 1.807) is 0 Å². The third-order valence-corrected chi connectivity index (χ3v) is 4.22. The molecule has 0 aliphatic rings. The van der Waals surface area contributed by atoms with Crippen molar-refractivity contribution in [2.45, 2.75) is 9.79 Å². The summed E-state index contributed by atoms with van der Waals surface area (Å²) in [5.41, 5.74) is 0. The Morgan fingerprint density at radius 1 is 0.700 bits per heavy atom. The summed E-state index contributed by atoms with van der Waals surface area (Å²) in [4.78, 5) is -0.823. The monoisotopic (exact) mass is 336 g/mol. The van der Waals surface area contributed by atoms with E-state index in [1.165, 1.54) is 24.3 Å². The quantitative estimate of drug-likeness (QED) is 0.423. The summed E-state index contributed by atoms with van der Waals surface area (Å²) >= 11 is 0. The number of benzene rings is 2. The molecule has 0 radical (unpaired) electrons. The van der Waals surface area contributed by atoms with Gasteiger partial charge in [-0.2, -0.15) is 16.8 Å². The van der Waals surface area contributed by atoms with Crippen LogP contribution in [0, 0.1) is 0 Å². The molecule has 0 heterocycles. The Kier molecular flexibility index (Phi) is 7.37. The summed E-state index contributed by atoms with van der Waals surface area (Å²) in [6, 6.07) is 7.53. The fraction of sp³-hybridized carbons (Fsp3) is 0. The van der Waals surface area contributed by atoms with Crippen molar-refractivity contribution in [2.24, 2.45) is 0 Å². The molecule has 0 fully saturated rings. The van der Waals surface area contributed by atoms with E-state index < -0.39 is 30.0 Å². The standard InChI is InChI=1S/C10H8O6S2.2Na.2H/c11-17(12,13)9-5-1-3-7-8(9)4-2-6-10(7)18(14,15)16;;;;/h1-6H,(H,11,12,13)(H,14,15,16);;;;/q;2*+1;2*-1. The summed E-state index contributed by atoms with van der Waals surface area (Å²) < 4.78 is 62.7. The average Bonchev–Trinajstić information content (AvgIpc) is 2.24. The van der Waals surface area contributed by atoms with Gasteiger partial charge in [0.15, 0.2) is 0 Å².